The van der Waals surface area contributed by atoms with Crippen LogP contribution in [0.2, 0.25) is 0 Å². The SMILES string of the molecule is O=CNc1nccnc1F. The topological polar surface area (TPSA) is 54.9 Å². The Morgan fingerprint density at radius 1 is 1.50 bits per heavy atom. The van der Waals surface area contributed by atoms with E-state index < -0.39 is 5.95 Å². The van der Waals surface area contributed by atoms with Gasteiger partial charge < -0.3 is 5.32 Å². The molecule has 5 heteroatoms. The van der Waals surface area contributed by atoms with Crippen molar-refractivity contribution in [2.75, 3.05) is 5.32 Å². The van der Waals surface area contributed by atoms with E-state index in [2.05, 4.69) is 9.97 Å². The van der Waals surface area contributed by atoms with Crippen molar-refractivity contribution in [2.45, 2.75) is 0 Å². The molecule has 1 N–H and O–H groups in total. The van der Waals surface area contributed by atoms with Gasteiger partial charge in [-0.05, 0) is 0 Å². The highest BCUT2D eigenvalue weighted by atomic mass is 19.1. The Bertz CT molecular complexity index is 240. The molecule has 0 aliphatic carbocycles. The molecule has 10 heavy (non-hydrogen) atoms. The maximum absolute atomic E-state index is 12.4. The third kappa shape index (κ3) is 1.25. The van der Waals surface area contributed by atoms with Gasteiger partial charge in [-0.1, -0.05) is 0 Å². The van der Waals surface area contributed by atoms with E-state index in [1.807, 2.05) is 5.32 Å². The minimum absolute atomic E-state index is 0.155. The van der Waals surface area contributed by atoms with Crippen LogP contribution in [0.5, 0.6) is 0 Å². The van der Waals surface area contributed by atoms with E-state index in [0.29, 0.717) is 6.41 Å². The predicted molar refractivity (Wildman–Crippen MR) is 31.7 cm³/mol. The Morgan fingerprint density at radius 2 is 2.20 bits per heavy atom. The van der Waals surface area contributed by atoms with Crippen LogP contribution in [-0.2, 0) is 4.79 Å². The molecular formula is C5H4FN3O. The number of hydrogen-bond acceptors (Lipinski definition) is 3. The summed E-state index contributed by atoms with van der Waals surface area (Å²) < 4.78 is 12.4. The molecule has 0 saturated carbocycles. The maximum atomic E-state index is 12.4. The van der Waals surface area contributed by atoms with E-state index in [1.54, 1.807) is 0 Å². The minimum Gasteiger partial charge on any atom is -0.309 e. The van der Waals surface area contributed by atoms with E-state index >= 15 is 0 Å². The van der Waals surface area contributed by atoms with Crippen LogP contribution < -0.4 is 5.32 Å². The fraction of sp³-hybridized carbons (Fsp3) is 0. The summed E-state index contributed by atoms with van der Waals surface area (Å²) in [6.07, 6.45) is 2.83. The van der Waals surface area contributed by atoms with Gasteiger partial charge in [0.25, 0.3) is 5.95 Å². The molecule has 0 atom stereocenters. The van der Waals surface area contributed by atoms with Crippen LogP contribution in [0, 0.1) is 5.95 Å². The number of hydrogen-bond donors (Lipinski definition) is 1. The van der Waals surface area contributed by atoms with Crippen molar-refractivity contribution in [1.29, 1.82) is 0 Å². The average Bonchev–Trinajstić information content (AvgIpc) is 1.94. The van der Waals surface area contributed by atoms with Gasteiger partial charge in [0.05, 0.1) is 0 Å². The van der Waals surface area contributed by atoms with E-state index in [0.717, 1.165) is 0 Å². The molecule has 1 aromatic rings. The molecule has 0 radical (unpaired) electrons. The number of nitrogens with zero attached hydrogens (tertiary/aromatic N) is 2. The van der Waals surface area contributed by atoms with Gasteiger partial charge >= 0.3 is 0 Å². The molecule has 0 saturated heterocycles. The zero-order valence-electron chi connectivity index (χ0n) is 4.91. The van der Waals surface area contributed by atoms with Crippen LogP contribution in [0.4, 0.5) is 10.2 Å². The summed E-state index contributed by atoms with van der Waals surface area (Å²) in [4.78, 5) is 16.5. The van der Waals surface area contributed by atoms with Crippen LogP contribution in [-0.4, -0.2) is 16.4 Å². The quantitative estimate of drug-likeness (QED) is 0.598. The summed E-state index contributed by atoms with van der Waals surface area (Å²) in [5.41, 5.74) is 0. The lowest BCUT2D eigenvalue weighted by molar-refractivity contribution is -0.105. The second kappa shape index (κ2) is 2.86. The Balaban J connectivity index is 2.91. The summed E-state index contributed by atoms with van der Waals surface area (Å²) in [6, 6.07) is 0. The first-order valence-corrected chi connectivity index (χ1v) is 2.51. The third-order valence-electron chi connectivity index (χ3n) is 0.849. The molecule has 0 unspecified atom stereocenters. The summed E-state index contributed by atoms with van der Waals surface area (Å²) in [7, 11) is 0. The van der Waals surface area contributed by atoms with Crippen LogP contribution in [0.3, 0.4) is 0 Å². The van der Waals surface area contributed by atoms with E-state index in [9.17, 15) is 9.18 Å². The number of nitrogens with one attached hydrogen (secondary N) is 1. The van der Waals surface area contributed by atoms with Crippen molar-refractivity contribution < 1.29 is 9.18 Å². The first-order valence-electron chi connectivity index (χ1n) is 2.51. The molecule has 1 rings (SSSR count). The fourth-order valence-electron chi connectivity index (χ4n) is 0.474. The molecule has 4 nitrogen and oxygen atoms in total. The molecule has 0 aliphatic heterocycles. The Hall–Kier alpha value is -1.52. The lowest BCUT2D eigenvalue weighted by Crippen LogP contribution is -2.00. The second-order valence-electron chi connectivity index (χ2n) is 1.46. The van der Waals surface area contributed by atoms with Crippen molar-refractivity contribution in [1.82, 2.24) is 9.97 Å². The van der Waals surface area contributed by atoms with Gasteiger partial charge in [0, 0.05) is 12.4 Å². The highest BCUT2D eigenvalue weighted by Gasteiger charge is 1.99. The number of halogens is 1. The number of amides is 1. The fourth-order valence-corrected chi connectivity index (χ4v) is 0.474. The second-order valence-corrected chi connectivity index (χ2v) is 1.46. The summed E-state index contributed by atoms with van der Waals surface area (Å²) >= 11 is 0. The highest BCUT2D eigenvalue weighted by Crippen LogP contribution is 2.02. The van der Waals surface area contributed by atoms with Crippen LogP contribution in [0.15, 0.2) is 12.4 Å². The van der Waals surface area contributed by atoms with E-state index in [4.69, 9.17) is 0 Å². The molecule has 0 bridgehead atoms. The molecule has 1 aromatic heterocycles. The van der Waals surface area contributed by atoms with Crippen LogP contribution in [0.1, 0.15) is 0 Å². The molecule has 1 amide bonds. The van der Waals surface area contributed by atoms with Crippen LogP contribution in [0.25, 0.3) is 0 Å². The zero-order chi connectivity index (χ0) is 7.40. The Morgan fingerprint density at radius 3 is 2.80 bits per heavy atom. The van der Waals surface area contributed by atoms with Crippen molar-refractivity contribution in [3.8, 4) is 0 Å². The Labute approximate surface area is 56.1 Å². The van der Waals surface area contributed by atoms with Crippen molar-refractivity contribution >= 4 is 12.2 Å². The van der Waals surface area contributed by atoms with Crippen LogP contribution >= 0.6 is 0 Å². The number of carbonyl (C=O) groups is 1. The summed E-state index contributed by atoms with van der Waals surface area (Å²) in [5, 5.41) is 2.05. The smallest absolute Gasteiger partial charge is 0.256 e. The number of anilines is 1. The molecule has 52 valence electrons. The first-order chi connectivity index (χ1) is 4.84. The zero-order valence-corrected chi connectivity index (χ0v) is 4.91. The third-order valence-corrected chi connectivity index (χ3v) is 0.849. The van der Waals surface area contributed by atoms with Gasteiger partial charge in [0.1, 0.15) is 0 Å². The standard InChI is InChI=1S/C5H4FN3O/c6-4-5(9-3-10)8-2-1-7-4/h1-3H,(H,8,9,10). The summed E-state index contributed by atoms with van der Waals surface area (Å²) in [5.74, 6) is -0.938. The largest absolute Gasteiger partial charge is 0.309 e. The molecule has 0 spiro atoms. The number of rotatable bonds is 2. The van der Waals surface area contributed by atoms with Crippen molar-refractivity contribution in [3.05, 3.63) is 18.3 Å². The average molecular weight is 141 g/mol. The molecule has 0 fully saturated rings. The van der Waals surface area contributed by atoms with Gasteiger partial charge in [-0.2, -0.15) is 4.39 Å². The maximum Gasteiger partial charge on any atom is 0.256 e. The highest BCUT2D eigenvalue weighted by molar-refractivity contribution is 5.68. The molecule has 0 aromatic carbocycles. The molecule has 0 aliphatic rings. The van der Waals surface area contributed by atoms with Gasteiger partial charge in [-0.15, -0.1) is 0 Å². The monoisotopic (exact) mass is 141 g/mol. The first kappa shape index (κ1) is 6.60. The van der Waals surface area contributed by atoms with E-state index in [-0.39, 0.29) is 5.82 Å². The molecule has 1 heterocycles. The predicted octanol–water partition coefficient (Wildman–Crippen LogP) is 0.184. The van der Waals surface area contributed by atoms with Gasteiger partial charge in [0.2, 0.25) is 6.41 Å². The van der Waals surface area contributed by atoms with Crippen molar-refractivity contribution in [3.63, 3.8) is 0 Å². The van der Waals surface area contributed by atoms with E-state index in [1.165, 1.54) is 12.4 Å². The van der Waals surface area contributed by atoms with Gasteiger partial charge in [-0.25, -0.2) is 9.97 Å². The lowest BCUT2D eigenvalue weighted by Gasteiger charge is -1.94. The Kier molecular flexibility index (Phi) is 1.89. The lowest BCUT2D eigenvalue weighted by atomic mass is 10.6. The number of carbonyl (C=O) groups excluding carboxylic acids is 1. The van der Waals surface area contributed by atoms with Gasteiger partial charge in [0.15, 0.2) is 5.82 Å². The normalized spacial score (nSPS) is 8.90. The minimum atomic E-state index is -0.783. The van der Waals surface area contributed by atoms with Crippen molar-refractivity contribution in [2.24, 2.45) is 0 Å². The molecular weight excluding hydrogens is 137 g/mol. The summed E-state index contributed by atoms with van der Waals surface area (Å²) in [6.45, 7) is 0. The number of aromatic nitrogens is 2. The van der Waals surface area contributed by atoms with Gasteiger partial charge in [-0.3, -0.25) is 4.79 Å².